The molecule has 0 aliphatic heterocycles. The highest BCUT2D eigenvalue weighted by Gasteiger charge is 2.21. The first kappa shape index (κ1) is 17.2. The summed E-state index contributed by atoms with van der Waals surface area (Å²) in [5.74, 6) is -0.389. The Hall–Kier alpha value is -2.66. The molecule has 0 aliphatic carbocycles. The first-order valence-corrected chi connectivity index (χ1v) is 8.46. The fraction of sp³-hybridized carbons (Fsp3) is 0.300. The molecule has 5 nitrogen and oxygen atoms in total. The Morgan fingerprint density at radius 2 is 1.84 bits per heavy atom. The number of hydrogen-bond donors (Lipinski definition) is 1. The van der Waals surface area contributed by atoms with E-state index in [-0.39, 0.29) is 5.97 Å². The average Bonchev–Trinajstić information content (AvgIpc) is 2.93. The lowest BCUT2D eigenvalue weighted by molar-refractivity contribution is -0.144. The molecule has 0 spiro atoms. The second kappa shape index (κ2) is 7.07. The van der Waals surface area contributed by atoms with Gasteiger partial charge in [0.05, 0.1) is 18.0 Å². The quantitative estimate of drug-likeness (QED) is 0.727. The van der Waals surface area contributed by atoms with Crippen LogP contribution in [0.1, 0.15) is 23.7 Å². The molecule has 5 heteroatoms. The molecule has 1 aromatic carbocycles. The summed E-state index contributed by atoms with van der Waals surface area (Å²) in [4.78, 5) is 16.8. The van der Waals surface area contributed by atoms with Crippen LogP contribution in [0.2, 0.25) is 0 Å². The van der Waals surface area contributed by atoms with E-state index >= 15 is 0 Å². The van der Waals surface area contributed by atoms with Crippen LogP contribution in [0.4, 0.5) is 0 Å². The predicted octanol–water partition coefficient (Wildman–Crippen LogP) is 3.05. The van der Waals surface area contributed by atoms with Crippen molar-refractivity contribution in [3.8, 4) is 11.3 Å². The Labute approximate surface area is 147 Å². The van der Waals surface area contributed by atoms with Crippen molar-refractivity contribution in [3.05, 3.63) is 59.4 Å². The number of nitrogens with zero attached hydrogens (tertiary/aromatic N) is 2. The average molecular weight is 337 g/mol. The highest BCUT2D eigenvalue weighted by molar-refractivity contribution is 5.77. The van der Waals surface area contributed by atoms with Gasteiger partial charge in [0.15, 0.2) is 0 Å². The third-order valence-electron chi connectivity index (χ3n) is 4.19. The topological polar surface area (TPSA) is 69.6 Å². The second-order valence-corrected chi connectivity index (χ2v) is 6.27. The van der Waals surface area contributed by atoms with Gasteiger partial charge in [-0.25, -0.2) is 4.98 Å². The first-order chi connectivity index (χ1) is 12.0. The van der Waals surface area contributed by atoms with Crippen molar-refractivity contribution < 1.29 is 9.53 Å². The molecule has 1 atom stereocenters. The molecule has 25 heavy (non-hydrogen) atoms. The third kappa shape index (κ3) is 3.56. The summed E-state index contributed by atoms with van der Waals surface area (Å²) in [5.41, 5.74) is 12.0. The summed E-state index contributed by atoms with van der Waals surface area (Å²) < 4.78 is 7.07. The third-order valence-corrected chi connectivity index (χ3v) is 4.19. The van der Waals surface area contributed by atoms with E-state index in [1.807, 2.05) is 48.7 Å². The second-order valence-electron chi connectivity index (χ2n) is 6.27. The molecule has 0 aliphatic rings. The smallest absolute Gasteiger partial charge is 0.323 e. The lowest BCUT2D eigenvalue weighted by Gasteiger charge is -2.12. The molecule has 130 valence electrons. The van der Waals surface area contributed by atoms with Gasteiger partial charge in [0.1, 0.15) is 11.7 Å². The molecule has 2 heterocycles. The SMILES string of the molecule is CCOC(=O)C(N)Cc1c(-c2ccc(C)cc2)nc2ccc(C)cn12. The van der Waals surface area contributed by atoms with E-state index < -0.39 is 6.04 Å². The maximum atomic E-state index is 12.0. The molecule has 0 bridgehead atoms. The zero-order valence-corrected chi connectivity index (χ0v) is 14.8. The van der Waals surface area contributed by atoms with Crippen LogP contribution in [-0.2, 0) is 16.0 Å². The number of imidazole rings is 1. The summed E-state index contributed by atoms with van der Waals surface area (Å²) in [6.07, 6.45) is 2.39. The Morgan fingerprint density at radius 3 is 2.52 bits per heavy atom. The number of fused-ring (bicyclic) bond motifs is 1. The van der Waals surface area contributed by atoms with Gasteiger partial charge in [0, 0.05) is 18.2 Å². The van der Waals surface area contributed by atoms with Gasteiger partial charge in [-0.1, -0.05) is 35.9 Å². The van der Waals surface area contributed by atoms with Crippen LogP contribution in [0, 0.1) is 13.8 Å². The van der Waals surface area contributed by atoms with E-state index in [1.165, 1.54) is 5.56 Å². The maximum Gasteiger partial charge on any atom is 0.323 e. The number of rotatable bonds is 5. The van der Waals surface area contributed by atoms with Crippen LogP contribution in [-0.4, -0.2) is 28.0 Å². The van der Waals surface area contributed by atoms with Crippen LogP contribution in [0.5, 0.6) is 0 Å². The number of aromatic nitrogens is 2. The van der Waals surface area contributed by atoms with Gasteiger partial charge >= 0.3 is 5.97 Å². The van der Waals surface area contributed by atoms with E-state index in [1.54, 1.807) is 6.92 Å². The number of carbonyl (C=O) groups is 1. The number of ether oxygens (including phenoxy) is 1. The number of hydrogen-bond acceptors (Lipinski definition) is 4. The first-order valence-electron chi connectivity index (χ1n) is 8.46. The molecule has 0 amide bonds. The van der Waals surface area contributed by atoms with Gasteiger partial charge in [-0.15, -0.1) is 0 Å². The summed E-state index contributed by atoms with van der Waals surface area (Å²) in [5, 5.41) is 0. The molecule has 1 unspecified atom stereocenters. The maximum absolute atomic E-state index is 12.0. The molecule has 3 rings (SSSR count). The molecule has 2 N–H and O–H groups in total. The number of aryl methyl sites for hydroxylation is 2. The summed E-state index contributed by atoms with van der Waals surface area (Å²) in [6, 6.07) is 11.5. The molecule has 0 saturated carbocycles. The van der Waals surface area contributed by atoms with Gasteiger partial charge < -0.3 is 14.9 Å². The normalized spacial score (nSPS) is 12.3. The Morgan fingerprint density at radius 1 is 1.16 bits per heavy atom. The zero-order chi connectivity index (χ0) is 18.0. The van der Waals surface area contributed by atoms with Crippen LogP contribution in [0.3, 0.4) is 0 Å². The van der Waals surface area contributed by atoms with Crippen LogP contribution >= 0.6 is 0 Å². The highest BCUT2D eigenvalue weighted by Crippen LogP contribution is 2.26. The van der Waals surface area contributed by atoms with E-state index in [0.29, 0.717) is 13.0 Å². The van der Waals surface area contributed by atoms with Crippen molar-refractivity contribution in [3.63, 3.8) is 0 Å². The highest BCUT2D eigenvalue weighted by atomic mass is 16.5. The number of esters is 1. The standard InChI is InChI=1S/C20H23N3O2/c1-4-25-20(24)16(21)11-17-19(15-8-5-13(2)6-9-15)22-18-10-7-14(3)12-23(17)18/h5-10,12,16H,4,11,21H2,1-3H3. The molecular weight excluding hydrogens is 314 g/mol. The minimum absolute atomic E-state index is 0.323. The fourth-order valence-electron chi connectivity index (χ4n) is 2.88. The molecular formula is C20H23N3O2. The van der Waals surface area contributed by atoms with E-state index in [0.717, 1.165) is 28.2 Å². The zero-order valence-electron chi connectivity index (χ0n) is 14.8. The van der Waals surface area contributed by atoms with Crippen molar-refractivity contribution in [2.75, 3.05) is 6.61 Å². The lowest BCUT2D eigenvalue weighted by atomic mass is 10.0. The molecule has 2 aromatic heterocycles. The Bertz CT molecular complexity index is 897. The largest absolute Gasteiger partial charge is 0.465 e. The van der Waals surface area contributed by atoms with Crippen molar-refractivity contribution >= 4 is 11.6 Å². The van der Waals surface area contributed by atoms with Gasteiger partial charge in [0.25, 0.3) is 0 Å². The Kier molecular flexibility index (Phi) is 4.86. The van der Waals surface area contributed by atoms with Crippen LogP contribution < -0.4 is 5.73 Å². The van der Waals surface area contributed by atoms with Gasteiger partial charge in [-0.3, -0.25) is 4.79 Å². The fourth-order valence-corrected chi connectivity index (χ4v) is 2.88. The van der Waals surface area contributed by atoms with Crippen molar-refractivity contribution in [2.45, 2.75) is 33.2 Å². The minimum atomic E-state index is -0.718. The number of nitrogens with two attached hydrogens (primary N) is 1. The summed E-state index contributed by atoms with van der Waals surface area (Å²) in [7, 11) is 0. The van der Waals surface area contributed by atoms with Gasteiger partial charge in [0.2, 0.25) is 0 Å². The van der Waals surface area contributed by atoms with Crippen LogP contribution in [0.25, 0.3) is 16.9 Å². The predicted molar refractivity (Wildman–Crippen MR) is 98.4 cm³/mol. The minimum Gasteiger partial charge on any atom is -0.465 e. The van der Waals surface area contributed by atoms with Crippen molar-refractivity contribution in [1.29, 1.82) is 0 Å². The molecule has 0 radical (unpaired) electrons. The van der Waals surface area contributed by atoms with Crippen LogP contribution in [0.15, 0.2) is 42.6 Å². The molecule has 0 saturated heterocycles. The number of benzene rings is 1. The monoisotopic (exact) mass is 337 g/mol. The summed E-state index contributed by atoms with van der Waals surface area (Å²) in [6.45, 7) is 6.18. The molecule has 0 fully saturated rings. The molecule has 3 aromatic rings. The van der Waals surface area contributed by atoms with Gasteiger partial charge in [-0.05, 0) is 32.4 Å². The Balaban J connectivity index is 2.09. The number of pyridine rings is 1. The van der Waals surface area contributed by atoms with E-state index in [2.05, 4.69) is 12.1 Å². The summed E-state index contributed by atoms with van der Waals surface area (Å²) >= 11 is 0. The van der Waals surface area contributed by atoms with Gasteiger partial charge in [-0.2, -0.15) is 0 Å². The van der Waals surface area contributed by atoms with Crippen molar-refractivity contribution in [2.24, 2.45) is 5.73 Å². The van der Waals surface area contributed by atoms with Crippen molar-refractivity contribution in [1.82, 2.24) is 9.38 Å². The van der Waals surface area contributed by atoms with E-state index in [9.17, 15) is 4.79 Å². The van der Waals surface area contributed by atoms with E-state index in [4.69, 9.17) is 15.5 Å². The lowest BCUT2D eigenvalue weighted by Crippen LogP contribution is -2.34. The number of carbonyl (C=O) groups excluding carboxylic acids is 1.